The number of carbonyl (C=O) groups is 1. The summed E-state index contributed by atoms with van der Waals surface area (Å²) in [7, 11) is 0. The molecule has 4 heteroatoms. The predicted molar refractivity (Wildman–Crippen MR) is 38.8 cm³/mol. The summed E-state index contributed by atoms with van der Waals surface area (Å²) < 4.78 is 4.56. The van der Waals surface area contributed by atoms with Crippen LogP contribution in [0.5, 0.6) is 0 Å². The Hall–Kier alpha value is -1.06. The third kappa shape index (κ3) is 5.08. The van der Waals surface area contributed by atoms with Gasteiger partial charge in [0.2, 0.25) is 0 Å². The maximum atomic E-state index is 10.5. The largest absolute Gasteiger partial charge is 0.462 e. The topological polar surface area (TPSA) is 50.7 Å². The second kappa shape index (κ2) is 6.07. The summed E-state index contributed by atoms with van der Waals surface area (Å²) in [5.74, 6) is -0.413. The molecule has 0 radical (unpaired) electrons. The van der Waals surface area contributed by atoms with Crippen molar-refractivity contribution in [2.75, 3.05) is 13.2 Å². The number of hydrogen-bond donors (Lipinski definition) is 1. The molecule has 0 saturated heterocycles. The molecule has 0 aromatic carbocycles. The standard InChI is InChI=1S/C6H12N2O2/c1-3-7-8-5-6(9)10-4-2/h5,7H,3-4H2,1-2H3/b8-5+. The minimum atomic E-state index is -0.413. The van der Waals surface area contributed by atoms with E-state index in [1.54, 1.807) is 6.92 Å². The minimum absolute atomic E-state index is 0.386. The molecule has 0 aliphatic heterocycles. The summed E-state index contributed by atoms with van der Waals surface area (Å²) in [6, 6.07) is 0. The fraction of sp³-hybridized carbons (Fsp3) is 0.667. The van der Waals surface area contributed by atoms with Gasteiger partial charge in [0, 0.05) is 6.54 Å². The number of nitrogens with zero attached hydrogens (tertiary/aromatic N) is 1. The van der Waals surface area contributed by atoms with E-state index in [1.807, 2.05) is 6.92 Å². The Morgan fingerprint density at radius 1 is 1.70 bits per heavy atom. The van der Waals surface area contributed by atoms with Crippen molar-refractivity contribution in [1.29, 1.82) is 0 Å². The summed E-state index contributed by atoms with van der Waals surface area (Å²) in [6.07, 6.45) is 1.12. The molecule has 0 bridgehead atoms. The fourth-order valence-corrected chi connectivity index (χ4v) is 0.369. The van der Waals surface area contributed by atoms with Crippen LogP contribution in [0.3, 0.4) is 0 Å². The quantitative estimate of drug-likeness (QED) is 0.347. The van der Waals surface area contributed by atoms with Crippen LogP contribution in [-0.2, 0) is 9.53 Å². The molecule has 0 aromatic rings. The molecular weight excluding hydrogens is 132 g/mol. The highest BCUT2D eigenvalue weighted by Gasteiger charge is 1.91. The molecule has 0 atom stereocenters. The van der Waals surface area contributed by atoms with Gasteiger partial charge in [-0.25, -0.2) is 4.79 Å². The Morgan fingerprint density at radius 2 is 2.40 bits per heavy atom. The highest BCUT2D eigenvalue weighted by atomic mass is 16.5. The highest BCUT2D eigenvalue weighted by molar-refractivity contribution is 6.23. The molecular formula is C6H12N2O2. The summed E-state index contributed by atoms with van der Waals surface area (Å²) in [5, 5.41) is 3.56. The van der Waals surface area contributed by atoms with Gasteiger partial charge in [-0.1, -0.05) is 0 Å². The number of esters is 1. The molecule has 0 aromatic heterocycles. The maximum Gasteiger partial charge on any atom is 0.351 e. The van der Waals surface area contributed by atoms with Gasteiger partial charge in [-0.2, -0.15) is 5.10 Å². The third-order valence-electron chi connectivity index (χ3n) is 0.706. The molecule has 0 aliphatic rings. The van der Waals surface area contributed by atoms with Crippen molar-refractivity contribution >= 4 is 12.2 Å². The normalized spacial score (nSPS) is 9.80. The van der Waals surface area contributed by atoms with Gasteiger partial charge < -0.3 is 10.2 Å². The lowest BCUT2D eigenvalue weighted by molar-refractivity contribution is -0.134. The number of hydrazone groups is 1. The van der Waals surface area contributed by atoms with Crippen molar-refractivity contribution in [3.05, 3.63) is 0 Å². The number of ether oxygens (including phenoxy) is 1. The lowest BCUT2D eigenvalue weighted by Crippen LogP contribution is -2.10. The van der Waals surface area contributed by atoms with Gasteiger partial charge in [-0.05, 0) is 13.8 Å². The fourth-order valence-electron chi connectivity index (χ4n) is 0.369. The Labute approximate surface area is 60.3 Å². The first kappa shape index (κ1) is 8.94. The van der Waals surface area contributed by atoms with Gasteiger partial charge in [0.25, 0.3) is 0 Å². The van der Waals surface area contributed by atoms with Crippen LogP contribution in [0.1, 0.15) is 13.8 Å². The molecule has 10 heavy (non-hydrogen) atoms. The van der Waals surface area contributed by atoms with Gasteiger partial charge in [-0.15, -0.1) is 0 Å². The van der Waals surface area contributed by atoms with Gasteiger partial charge in [0.15, 0.2) is 0 Å². The summed E-state index contributed by atoms with van der Waals surface area (Å²) >= 11 is 0. The van der Waals surface area contributed by atoms with Gasteiger partial charge >= 0.3 is 5.97 Å². The predicted octanol–water partition coefficient (Wildman–Crippen LogP) is 0.145. The molecule has 0 fully saturated rings. The van der Waals surface area contributed by atoms with Crippen LogP contribution >= 0.6 is 0 Å². The Kier molecular flexibility index (Phi) is 5.42. The Morgan fingerprint density at radius 3 is 2.90 bits per heavy atom. The SMILES string of the molecule is CCN/N=C/C(=O)OCC. The second-order valence-electron chi connectivity index (χ2n) is 1.52. The van der Waals surface area contributed by atoms with Gasteiger partial charge in [-0.3, -0.25) is 0 Å². The van der Waals surface area contributed by atoms with Gasteiger partial charge in [0.1, 0.15) is 6.21 Å². The summed E-state index contributed by atoms with van der Waals surface area (Å²) in [4.78, 5) is 10.5. The zero-order chi connectivity index (χ0) is 7.82. The van der Waals surface area contributed by atoms with E-state index in [2.05, 4.69) is 15.3 Å². The van der Waals surface area contributed by atoms with Crippen molar-refractivity contribution in [1.82, 2.24) is 5.43 Å². The third-order valence-corrected chi connectivity index (χ3v) is 0.706. The Bertz CT molecular complexity index is 123. The number of carbonyl (C=O) groups excluding carboxylic acids is 1. The molecule has 0 spiro atoms. The van der Waals surface area contributed by atoms with Crippen LogP contribution in [0.2, 0.25) is 0 Å². The number of nitrogens with one attached hydrogen (secondary N) is 1. The first-order chi connectivity index (χ1) is 4.81. The molecule has 0 aliphatic carbocycles. The highest BCUT2D eigenvalue weighted by Crippen LogP contribution is 1.71. The van der Waals surface area contributed by atoms with E-state index in [-0.39, 0.29) is 0 Å². The van der Waals surface area contributed by atoms with E-state index in [0.717, 1.165) is 6.21 Å². The van der Waals surface area contributed by atoms with Crippen LogP contribution in [0.25, 0.3) is 0 Å². The van der Waals surface area contributed by atoms with Crippen LogP contribution < -0.4 is 5.43 Å². The molecule has 58 valence electrons. The van der Waals surface area contributed by atoms with E-state index in [4.69, 9.17) is 0 Å². The van der Waals surface area contributed by atoms with Crippen LogP contribution in [0.4, 0.5) is 0 Å². The monoisotopic (exact) mass is 144 g/mol. The van der Waals surface area contributed by atoms with Crippen molar-refractivity contribution < 1.29 is 9.53 Å². The average Bonchev–Trinajstić information content (AvgIpc) is 1.89. The van der Waals surface area contributed by atoms with E-state index in [0.29, 0.717) is 13.2 Å². The summed E-state index contributed by atoms with van der Waals surface area (Å²) in [5.41, 5.74) is 2.61. The Balaban J connectivity index is 3.36. The maximum absolute atomic E-state index is 10.5. The van der Waals surface area contributed by atoms with E-state index in [9.17, 15) is 4.79 Å². The smallest absolute Gasteiger partial charge is 0.351 e. The lowest BCUT2D eigenvalue weighted by atomic mass is 10.7. The zero-order valence-corrected chi connectivity index (χ0v) is 6.26. The molecule has 0 saturated carbocycles. The van der Waals surface area contributed by atoms with Crippen molar-refractivity contribution in [3.63, 3.8) is 0 Å². The average molecular weight is 144 g/mol. The first-order valence-electron chi connectivity index (χ1n) is 3.24. The van der Waals surface area contributed by atoms with Gasteiger partial charge in [0.05, 0.1) is 6.61 Å². The minimum Gasteiger partial charge on any atom is -0.462 e. The van der Waals surface area contributed by atoms with E-state index in [1.165, 1.54) is 0 Å². The summed E-state index contributed by atoms with van der Waals surface area (Å²) in [6.45, 7) is 4.73. The molecule has 0 rings (SSSR count). The van der Waals surface area contributed by atoms with Crippen LogP contribution in [-0.4, -0.2) is 25.3 Å². The zero-order valence-electron chi connectivity index (χ0n) is 6.26. The van der Waals surface area contributed by atoms with E-state index >= 15 is 0 Å². The number of hydrogen-bond acceptors (Lipinski definition) is 4. The lowest BCUT2D eigenvalue weighted by Gasteiger charge is -1.93. The molecule has 4 nitrogen and oxygen atoms in total. The first-order valence-corrected chi connectivity index (χ1v) is 3.24. The van der Waals surface area contributed by atoms with Crippen molar-refractivity contribution in [3.8, 4) is 0 Å². The second-order valence-corrected chi connectivity index (χ2v) is 1.52. The molecule has 0 amide bonds. The van der Waals surface area contributed by atoms with E-state index < -0.39 is 5.97 Å². The molecule has 0 unspecified atom stereocenters. The van der Waals surface area contributed by atoms with Crippen LogP contribution in [0, 0.1) is 0 Å². The van der Waals surface area contributed by atoms with Crippen LogP contribution in [0.15, 0.2) is 5.10 Å². The van der Waals surface area contributed by atoms with Crippen molar-refractivity contribution in [2.45, 2.75) is 13.8 Å². The number of rotatable bonds is 4. The van der Waals surface area contributed by atoms with Crippen molar-refractivity contribution in [2.24, 2.45) is 5.10 Å². The molecule has 1 N–H and O–H groups in total. The molecule has 0 heterocycles.